The van der Waals surface area contributed by atoms with E-state index in [0.717, 1.165) is 5.56 Å². The molecule has 0 aromatic heterocycles. The van der Waals surface area contributed by atoms with E-state index < -0.39 is 10.0 Å². The highest BCUT2D eigenvalue weighted by molar-refractivity contribution is 7.89. The first kappa shape index (κ1) is 17.9. The van der Waals surface area contributed by atoms with Gasteiger partial charge in [-0.3, -0.25) is 0 Å². The zero-order valence-electron chi connectivity index (χ0n) is 13.6. The molecular weight excluding hydrogens is 286 g/mol. The van der Waals surface area contributed by atoms with Crippen molar-refractivity contribution in [1.29, 1.82) is 0 Å². The number of nitrogens with two attached hydrogens (primary N) is 1. The number of rotatable bonds is 7. The minimum absolute atomic E-state index is 0.201. The van der Waals surface area contributed by atoms with Crippen LogP contribution in [-0.2, 0) is 10.0 Å². The number of nitrogens with zero attached hydrogens (tertiary/aromatic N) is 2. The third-order valence-electron chi connectivity index (χ3n) is 3.15. The lowest BCUT2D eigenvalue weighted by Gasteiger charge is -2.26. The van der Waals surface area contributed by atoms with Gasteiger partial charge in [0, 0.05) is 19.6 Å². The number of hydrogen-bond acceptors (Lipinski definition) is 4. The van der Waals surface area contributed by atoms with Gasteiger partial charge in [0.05, 0.1) is 5.69 Å². The van der Waals surface area contributed by atoms with Gasteiger partial charge in [-0.2, -0.15) is 4.31 Å². The summed E-state index contributed by atoms with van der Waals surface area (Å²) in [6, 6.07) is 5.08. The Bertz CT molecular complexity index is 568. The van der Waals surface area contributed by atoms with Gasteiger partial charge in [-0.25, -0.2) is 8.42 Å². The molecule has 0 aliphatic carbocycles. The van der Waals surface area contributed by atoms with Crippen molar-refractivity contribution < 1.29 is 8.42 Å². The Morgan fingerprint density at radius 1 is 1.19 bits per heavy atom. The third-order valence-corrected chi connectivity index (χ3v) is 5.09. The molecule has 2 N–H and O–H groups in total. The number of hydrogen-bond donors (Lipinski definition) is 1. The molecule has 0 heterocycles. The highest BCUT2D eigenvalue weighted by atomic mass is 32.2. The molecule has 0 radical (unpaired) electrons. The van der Waals surface area contributed by atoms with Crippen LogP contribution in [-0.4, -0.2) is 51.4 Å². The molecule has 0 atom stereocenters. The molecule has 0 saturated heterocycles. The van der Waals surface area contributed by atoms with Crippen LogP contribution in [0.2, 0.25) is 0 Å². The average Bonchev–Trinajstić information content (AvgIpc) is 2.33. The predicted molar refractivity (Wildman–Crippen MR) is 87.7 cm³/mol. The maximum Gasteiger partial charge on any atom is 0.245 e. The average molecular weight is 313 g/mol. The molecule has 0 aliphatic rings. The van der Waals surface area contributed by atoms with Crippen LogP contribution in [0.4, 0.5) is 5.69 Å². The zero-order chi connectivity index (χ0) is 16.2. The highest BCUT2D eigenvalue weighted by Crippen LogP contribution is 2.24. The van der Waals surface area contributed by atoms with Crippen LogP contribution in [0, 0.1) is 12.8 Å². The summed E-state index contributed by atoms with van der Waals surface area (Å²) in [5.74, 6) is 0.258. The van der Waals surface area contributed by atoms with Gasteiger partial charge in [0.2, 0.25) is 10.0 Å². The molecule has 21 heavy (non-hydrogen) atoms. The van der Waals surface area contributed by atoms with Crippen molar-refractivity contribution in [3.05, 3.63) is 23.8 Å². The van der Waals surface area contributed by atoms with Crippen LogP contribution in [0.3, 0.4) is 0 Å². The minimum Gasteiger partial charge on any atom is -0.398 e. The van der Waals surface area contributed by atoms with E-state index in [4.69, 9.17) is 5.73 Å². The van der Waals surface area contributed by atoms with Crippen molar-refractivity contribution in [2.45, 2.75) is 25.7 Å². The van der Waals surface area contributed by atoms with E-state index >= 15 is 0 Å². The van der Waals surface area contributed by atoms with Gasteiger partial charge in [-0.15, -0.1) is 0 Å². The molecule has 0 spiro atoms. The van der Waals surface area contributed by atoms with E-state index in [2.05, 4.69) is 0 Å². The van der Waals surface area contributed by atoms with E-state index in [0.29, 0.717) is 25.3 Å². The van der Waals surface area contributed by atoms with Gasteiger partial charge >= 0.3 is 0 Å². The van der Waals surface area contributed by atoms with E-state index in [1.807, 2.05) is 39.8 Å². The van der Waals surface area contributed by atoms with Crippen molar-refractivity contribution in [2.24, 2.45) is 5.92 Å². The molecule has 0 fully saturated rings. The highest BCUT2D eigenvalue weighted by Gasteiger charge is 2.26. The normalized spacial score (nSPS) is 12.6. The molecule has 1 aromatic carbocycles. The summed E-state index contributed by atoms with van der Waals surface area (Å²) in [6.45, 7) is 7.54. The van der Waals surface area contributed by atoms with Crippen molar-refractivity contribution in [3.8, 4) is 0 Å². The van der Waals surface area contributed by atoms with Gasteiger partial charge in [0.25, 0.3) is 0 Å². The number of benzene rings is 1. The number of anilines is 1. The number of sulfonamides is 1. The zero-order valence-corrected chi connectivity index (χ0v) is 14.4. The summed E-state index contributed by atoms with van der Waals surface area (Å²) in [5, 5.41) is 0. The summed E-state index contributed by atoms with van der Waals surface area (Å²) < 4.78 is 27.2. The quantitative estimate of drug-likeness (QED) is 0.779. The molecule has 6 heteroatoms. The van der Waals surface area contributed by atoms with Gasteiger partial charge in [-0.05, 0) is 44.6 Å². The SMILES string of the molecule is Cc1ccc(S(=O)(=O)N(CCN(C)C)CC(C)C)c(N)c1. The fourth-order valence-corrected chi connectivity index (χ4v) is 3.76. The fraction of sp³-hybridized carbons (Fsp3) is 0.600. The largest absolute Gasteiger partial charge is 0.398 e. The summed E-state index contributed by atoms with van der Waals surface area (Å²) in [6.07, 6.45) is 0. The summed E-state index contributed by atoms with van der Waals surface area (Å²) >= 11 is 0. The molecule has 0 bridgehead atoms. The third kappa shape index (κ3) is 4.98. The van der Waals surface area contributed by atoms with Crippen molar-refractivity contribution in [3.63, 3.8) is 0 Å². The molecule has 0 saturated carbocycles. The fourth-order valence-electron chi connectivity index (χ4n) is 2.07. The molecule has 0 amide bonds. The summed E-state index contributed by atoms with van der Waals surface area (Å²) in [4.78, 5) is 2.17. The van der Waals surface area contributed by atoms with Crippen LogP contribution in [0.25, 0.3) is 0 Å². The maximum absolute atomic E-state index is 12.8. The lowest BCUT2D eigenvalue weighted by Crippen LogP contribution is -2.39. The second-order valence-corrected chi connectivity index (χ2v) is 8.01. The first-order chi connectivity index (χ1) is 9.64. The van der Waals surface area contributed by atoms with Gasteiger partial charge in [0.15, 0.2) is 0 Å². The van der Waals surface area contributed by atoms with Crippen LogP contribution < -0.4 is 5.73 Å². The molecule has 1 aromatic rings. The van der Waals surface area contributed by atoms with Gasteiger partial charge in [0.1, 0.15) is 4.90 Å². The van der Waals surface area contributed by atoms with Gasteiger partial charge < -0.3 is 10.6 Å². The maximum atomic E-state index is 12.8. The smallest absolute Gasteiger partial charge is 0.245 e. The second kappa shape index (κ2) is 7.24. The Kier molecular flexibility index (Phi) is 6.19. The molecule has 0 aliphatic heterocycles. The lowest BCUT2D eigenvalue weighted by molar-refractivity contribution is 0.313. The van der Waals surface area contributed by atoms with Crippen LogP contribution >= 0.6 is 0 Å². The topological polar surface area (TPSA) is 66.6 Å². The number of nitrogen functional groups attached to an aromatic ring is 1. The lowest BCUT2D eigenvalue weighted by atomic mass is 10.2. The van der Waals surface area contributed by atoms with Crippen LogP contribution in [0.15, 0.2) is 23.1 Å². The van der Waals surface area contributed by atoms with Gasteiger partial charge in [-0.1, -0.05) is 19.9 Å². The first-order valence-corrected chi connectivity index (χ1v) is 8.59. The molecule has 1 rings (SSSR count). The van der Waals surface area contributed by atoms with E-state index in [1.165, 1.54) is 4.31 Å². The van der Waals surface area contributed by atoms with Crippen LogP contribution in [0.5, 0.6) is 0 Å². The Morgan fingerprint density at radius 3 is 2.29 bits per heavy atom. The number of aryl methyl sites for hydroxylation is 1. The van der Waals surface area contributed by atoms with Crippen molar-refractivity contribution in [2.75, 3.05) is 39.5 Å². The molecular formula is C15H27N3O2S. The monoisotopic (exact) mass is 313 g/mol. The summed E-state index contributed by atoms with van der Waals surface area (Å²) in [7, 11) is 0.304. The molecule has 0 unspecified atom stereocenters. The standard InChI is InChI=1S/C15H27N3O2S/c1-12(2)11-18(9-8-17(4)5)21(19,20)15-7-6-13(3)10-14(15)16/h6-7,10,12H,8-9,11,16H2,1-5H3. The second-order valence-electron chi connectivity index (χ2n) is 6.10. The molecule has 5 nitrogen and oxygen atoms in total. The van der Waals surface area contributed by atoms with E-state index in [1.54, 1.807) is 18.2 Å². The Balaban J connectivity index is 3.13. The summed E-state index contributed by atoms with van der Waals surface area (Å²) in [5.41, 5.74) is 7.18. The Morgan fingerprint density at radius 2 is 1.81 bits per heavy atom. The first-order valence-electron chi connectivity index (χ1n) is 7.15. The van der Waals surface area contributed by atoms with E-state index in [9.17, 15) is 8.42 Å². The molecule has 120 valence electrons. The Hall–Kier alpha value is -1.11. The van der Waals surface area contributed by atoms with E-state index in [-0.39, 0.29) is 10.8 Å². The van der Waals surface area contributed by atoms with Crippen LogP contribution in [0.1, 0.15) is 19.4 Å². The minimum atomic E-state index is -3.56. The van der Waals surface area contributed by atoms with Crippen molar-refractivity contribution >= 4 is 15.7 Å². The Labute approximate surface area is 128 Å². The number of likely N-dealkylation sites (N-methyl/N-ethyl adjacent to an activating group) is 1. The van der Waals surface area contributed by atoms with Crippen molar-refractivity contribution in [1.82, 2.24) is 9.21 Å². The predicted octanol–water partition coefficient (Wildman–Crippen LogP) is 1.79.